The Labute approximate surface area is 129 Å². The van der Waals surface area contributed by atoms with Crippen LogP contribution in [0.5, 0.6) is 0 Å². The molecule has 1 heteroatoms. The monoisotopic (exact) mass is 283 g/mol. The van der Waals surface area contributed by atoms with Crippen LogP contribution in [0.2, 0.25) is 0 Å². The highest BCUT2D eigenvalue weighted by atomic mass is 14.9. The molecule has 0 aliphatic rings. The number of nitrogens with one attached hydrogen (secondary N) is 1. The summed E-state index contributed by atoms with van der Waals surface area (Å²) in [6.45, 7) is 11.8. The molecule has 1 N–H and O–H groups in total. The molecule has 0 saturated carbocycles. The van der Waals surface area contributed by atoms with Crippen molar-refractivity contribution in [3.63, 3.8) is 0 Å². The van der Waals surface area contributed by atoms with E-state index >= 15 is 0 Å². The van der Waals surface area contributed by atoms with E-state index < -0.39 is 0 Å². The van der Waals surface area contributed by atoms with Crippen LogP contribution >= 0.6 is 0 Å². The first-order valence-electron chi connectivity index (χ1n) is 9.09. The third kappa shape index (κ3) is 10.7. The Morgan fingerprint density at radius 3 is 1.80 bits per heavy atom. The molecule has 0 saturated heterocycles. The Hall–Kier alpha value is -0.0400. The predicted molar refractivity (Wildman–Crippen MR) is 93.3 cm³/mol. The zero-order valence-corrected chi connectivity index (χ0v) is 15.2. The van der Waals surface area contributed by atoms with Crippen molar-refractivity contribution in [3.05, 3.63) is 0 Å². The first-order chi connectivity index (χ1) is 9.41. The van der Waals surface area contributed by atoms with Gasteiger partial charge in [-0.05, 0) is 31.2 Å². The van der Waals surface area contributed by atoms with Gasteiger partial charge in [0.05, 0.1) is 0 Å². The van der Waals surface area contributed by atoms with Crippen LogP contribution in [0.25, 0.3) is 0 Å². The average molecular weight is 284 g/mol. The minimum Gasteiger partial charge on any atom is -0.317 e. The van der Waals surface area contributed by atoms with Gasteiger partial charge in [0.25, 0.3) is 0 Å². The topological polar surface area (TPSA) is 12.0 Å². The normalized spacial score (nSPS) is 15.3. The molecule has 0 spiro atoms. The maximum Gasteiger partial charge on any atom is 0.00668 e. The summed E-state index contributed by atoms with van der Waals surface area (Å²) in [5, 5.41) is 3.52. The van der Waals surface area contributed by atoms with E-state index in [1.807, 2.05) is 0 Å². The highest BCUT2D eigenvalue weighted by Crippen LogP contribution is 2.29. The van der Waals surface area contributed by atoms with Crippen molar-refractivity contribution in [2.75, 3.05) is 7.05 Å². The largest absolute Gasteiger partial charge is 0.317 e. The third-order valence-electron chi connectivity index (χ3n) is 4.93. The Morgan fingerprint density at radius 2 is 1.35 bits per heavy atom. The third-order valence-corrected chi connectivity index (χ3v) is 4.93. The van der Waals surface area contributed by atoms with Gasteiger partial charge in [0.15, 0.2) is 0 Å². The molecule has 0 aromatic heterocycles. The summed E-state index contributed by atoms with van der Waals surface area (Å²) >= 11 is 0. The SMILES string of the molecule is CCCCCCCCCCC(CC(C)C(C)(C)C)NC. The van der Waals surface area contributed by atoms with Gasteiger partial charge in [0.2, 0.25) is 0 Å². The van der Waals surface area contributed by atoms with Gasteiger partial charge in [0, 0.05) is 6.04 Å². The van der Waals surface area contributed by atoms with E-state index in [0.29, 0.717) is 11.5 Å². The highest BCUT2D eigenvalue weighted by molar-refractivity contribution is 4.76. The zero-order valence-electron chi connectivity index (χ0n) is 15.2. The molecule has 20 heavy (non-hydrogen) atoms. The minimum absolute atomic E-state index is 0.439. The maximum absolute atomic E-state index is 3.52. The van der Waals surface area contributed by atoms with Gasteiger partial charge in [-0.15, -0.1) is 0 Å². The summed E-state index contributed by atoms with van der Waals surface area (Å²) in [5.74, 6) is 0.786. The lowest BCUT2D eigenvalue weighted by Gasteiger charge is -2.30. The van der Waals surface area contributed by atoms with E-state index in [2.05, 4.69) is 47.0 Å². The first kappa shape index (κ1) is 20.0. The van der Waals surface area contributed by atoms with Crippen LogP contribution in [0.15, 0.2) is 0 Å². The van der Waals surface area contributed by atoms with Gasteiger partial charge in [-0.25, -0.2) is 0 Å². The van der Waals surface area contributed by atoms with Crippen molar-refractivity contribution >= 4 is 0 Å². The molecule has 122 valence electrons. The zero-order chi connectivity index (χ0) is 15.4. The molecular formula is C19H41N. The van der Waals surface area contributed by atoms with Gasteiger partial charge in [0.1, 0.15) is 0 Å². The molecule has 0 heterocycles. The fourth-order valence-corrected chi connectivity index (χ4v) is 2.68. The smallest absolute Gasteiger partial charge is 0.00668 e. The Bertz CT molecular complexity index is 204. The summed E-state index contributed by atoms with van der Waals surface area (Å²) in [6, 6.07) is 0.712. The summed E-state index contributed by atoms with van der Waals surface area (Å²) in [7, 11) is 2.13. The van der Waals surface area contributed by atoms with Gasteiger partial charge in [-0.3, -0.25) is 0 Å². The van der Waals surface area contributed by atoms with Crippen molar-refractivity contribution < 1.29 is 0 Å². The Balaban J connectivity index is 3.60. The van der Waals surface area contributed by atoms with Crippen molar-refractivity contribution in [2.45, 2.75) is 105 Å². The molecule has 0 aromatic rings. The Morgan fingerprint density at radius 1 is 0.850 bits per heavy atom. The predicted octanol–water partition coefficient (Wildman–Crippen LogP) is 6.18. The quantitative estimate of drug-likeness (QED) is 0.422. The second-order valence-electron chi connectivity index (χ2n) is 7.75. The van der Waals surface area contributed by atoms with E-state index in [1.54, 1.807) is 0 Å². The second-order valence-corrected chi connectivity index (χ2v) is 7.75. The molecule has 2 atom stereocenters. The van der Waals surface area contributed by atoms with Crippen LogP contribution in [-0.2, 0) is 0 Å². The van der Waals surface area contributed by atoms with Gasteiger partial charge >= 0.3 is 0 Å². The van der Waals surface area contributed by atoms with Crippen molar-refractivity contribution in [2.24, 2.45) is 11.3 Å². The summed E-state index contributed by atoms with van der Waals surface area (Å²) in [5.41, 5.74) is 0.439. The molecule has 2 unspecified atom stereocenters. The molecule has 1 nitrogen and oxygen atoms in total. The number of unbranched alkanes of at least 4 members (excludes halogenated alkanes) is 7. The fraction of sp³-hybridized carbons (Fsp3) is 1.00. The molecule has 0 bridgehead atoms. The highest BCUT2D eigenvalue weighted by Gasteiger charge is 2.22. The summed E-state index contributed by atoms with van der Waals surface area (Å²) < 4.78 is 0. The van der Waals surface area contributed by atoms with Gasteiger partial charge in [-0.1, -0.05) is 86.0 Å². The summed E-state index contributed by atoms with van der Waals surface area (Å²) in [6.07, 6.45) is 14.1. The lowest BCUT2D eigenvalue weighted by molar-refractivity contribution is 0.220. The molecule has 0 rings (SSSR count). The number of rotatable bonds is 12. The van der Waals surface area contributed by atoms with Crippen LogP contribution in [0.3, 0.4) is 0 Å². The molecule has 0 aliphatic heterocycles. The van der Waals surface area contributed by atoms with Gasteiger partial charge < -0.3 is 5.32 Å². The van der Waals surface area contributed by atoms with Crippen LogP contribution in [0.1, 0.15) is 98.8 Å². The number of hydrogen-bond donors (Lipinski definition) is 1. The molecule has 0 aromatic carbocycles. The molecule has 0 radical (unpaired) electrons. The van der Waals surface area contributed by atoms with Crippen LogP contribution in [-0.4, -0.2) is 13.1 Å². The maximum atomic E-state index is 3.52. The average Bonchev–Trinajstić information content (AvgIpc) is 2.39. The van der Waals surface area contributed by atoms with Gasteiger partial charge in [-0.2, -0.15) is 0 Å². The lowest BCUT2D eigenvalue weighted by atomic mass is 9.78. The Kier molecular flexibility index (Phi) is 11.6. The molecule has 0 fully saturated rings. The van der Waals surface area contributed by atoms with E-state index in [1.165, 1.54) is 64.2 Å². The fourth-order valence-electron chi connectivity index (χ4n) is 2.68. The van der Waals surface area contributed by atoms with E-state index in [9.17, 15) is 0 Å². The standard InChI is InChI=1S/C19H41N/c1-7-8-9-10-11-12-13-14-15-18(20-6)16-17(2)19(3,4)5/h17-18,20H,7-16H2,1-6H3. The van der Waals surface area contributed by atoms with E-state index in [-0.39, 0.29) is 0 Å². The van der Waals surface area contributed by atoms with Crippen molar-refractivity contribution in [1.82, 2.24) is 5.32 Å². The van der Waals surface area contributed by atoms with Crippen molar-refractivity contribution in [1.29, 1.82) is 0 Å². The van der Waals surface area contributed by atoms with Crippen molar-refractivity contribution in [3.8, 4) is 0 Å². The second kappa shape index (κ2) is 11.6. The molecule has 0 aliphatic carbocycles. The van der Waals surface area contributed by atoms with Crippen LogP contribution in [0.4, 0.5) is 0 Å². The van der Waals surface area contributed by atoms with E-state index in [0.717, 1.165) is 5.92 Å². The van der Waals surface area contributed by atoms with E-state index in [4.69, 9.17) is 0 Å². The lowest BCUT2D eigenvalue weighted by Crippen LogP contribution is -2.31. The minimum atomic E-state index is 0.439. The van der Waals surface area contributed by atoms with Crippen LogP contribution < -0.4 is 5.32 Å². The molecule has 0 amide bonds. The number of hydrogen-bond acceptors (Lipinski definition) is 1. The van der Waals surface area contributed by atoms with Crippen LogP contribution in [0, 0.1) is 11.3 Å². The summed E-state index contributed by atoms with van der Waals surface area (Å²) in [4.78, 5) is 0. The first-order valence-corrected chi connectivity index (χ1v) is 9.09. The molecular weight excluding hydrogens is 242 g/mol.